The van der Waals surface area contributed by atoms with Gasteiger partial charge in [-0.05, 0) is 25.5 Å². The van der Waals surface area contributed by atoms with Crippen LogP contribution in [0.2, 0.25) is 0 Å². The van der Waals surface area contributed by atoms with Crippen molar-refractivity contribution in [1.29, 1.82) is 0 Å². The second kappa shape index (κ2) is 6.14. The topological polar surface area (TPSA) is 62.2 Å². The van der Waals surface area contributed by atoms with Crippen LogP contribution in [0.4, 0.5) is 0 Å². The Bertz CT molecular complexity index is 299. The summed E-state index contributed by atoms with van der Waals surface area (Å²) in [5, 5.41) is 11.7. The molecule has 0 aliphatic carbocycles. The van der Waals surface area contributed by atoms with Crippen molar-refractivity contribution < 1.29 is 9.90 Å². The maximum absolute atomic E-state index is 11.4. The summed E-state index contributed by atoms with van der Waals surface area (Å²) in [6.45, 7) is 2.20. The highest BCUT2D eigenvalue weighted by atomic mass is 16.3. The van der Waals surface area contributed by atoms with Gasteiger partial charge in [-0.3, -0.25) is 9.78 Å². The first-order chi connectivity index (χ1) is 7.18. The van der Waals surface area contributed by atoms with Gasteiger partial charge in [0.2, 0.25) is 5.91 Å². The molecule has 1 atom stereocenters. The van der Waals surface area contributed by atoms with E-state index in [0.717, 1.165) is 5.69 Å². The molecule has 4 nitrogen and oxygen atoms in total. The molecule has 1 unspecified atom stereocenters. The van der Waals surface area contributed by atoms with Gasteiger partial charge in [-0.2, -0.15) is 0 Å². The number of carbonyl (C=O) groups is 1. The lowest BCUT2D eigenvalue weighted by Crippen LogP contribution is -2.28. The van der Waals surface area contributed by atoms with Crippen molar-refractivity contribution in [3.05, 3.63) is 30.1 Å². The minimum absolute atomic E-state index is 0.0608. The zero-order valence-electron chi connectivity index (χ0n) is 8.81. The standard InChI is InChI=1S/C11H16N2O2/c1-9(14)5-7-13-11(15)8-10-4-2-3-6-12-10/h2-4,6,9,14H,5,7-8H2,1H3,(H,13,15). The first-order valence-corrected chi connectivity index (χ1v) is 5.03. The Hall–Kier alpha value is -1.42. The second-order valence-electron chi connectivity index (χ2n) is 3.49. The molecule has 0 aliphatic heterocycles. The van der Waals surface area contributed by atoms with E-state index in [-0.39, 0.29) is 12.0 Å². The monoisotopic (exact) mass is 208 g/mol. The Kier molecular flexibility index (Phi) is 4.77. The van der Waals surface area contributed by atoms with Crippen molar-refractivity contribution in [2.24, 2.45) is 0 Å². The van der Waals surface area contributed by atoms with Gasteiger partial charge in [0.1, 0.15) is 0 Å². The average molecular weight is 208 g/mol. The molecule has 0 bridgehead atoms. The Morgan fingerprint density at radius 2 is 2.40 bits per heavy atom. The third-order valence-corrected chi connectivity index (χ3v) is 1.95. The molecule has 4 heteroatoms. The predicted octanol–water partition coefficient (Wildman–Crippen LogP) is 0.511. The summed E-state index contributed by atoms with van der Waals surface area (Å²) < 4.78 is 0. The highest BCUT2D eigenvalue weighted by Crippen LogP contribution is 1.94. The van der Waals surface area contributed by atoms with Gasteiger partial charge in [-0.1, -0.05) is 6.07 Å². The summed E-state index contributed by atoms with van der Waals surface area (Å²) in [5.74, 6) is -0.0608. The number of nitrogens with one attached hydrogen (secondary N) is 1. The fraction of sp³-hybridized carbons (Fsp3) is 0.455. The average Bonchev–Trinajstić information content (AvgIpc) is 2.18. The summed E-state index contributed by atoms with van der Waals surface area (Å²) in [7, 11) is 0. The molecule has 1 aromatic heterocycles. The number of hydrogen-bond acceptors (Lipinski definition) is 3. The Balaban J connectivity index is 2.25. The molecule has 0 aliphatic rings. The second-order valence-corrected chi connectivity index (χ2v) is 3.49. The molecule has 0 saturated heterocycles. The van der Waals surface area contributed by atoms with E-state index in [9.17, 15) is 4.79 Å². The minimum atomic E-state index is -0.375. The van der Waals surface area contributed by atoms with Gasteiger partial charge >= 0.3 is 0 Å². The summed E-state index contributed by atoms with van der Waals surface area (Å²) in [6.07, 6.45) is 2.16. The lowest BCUT2D eigenvalue weighted by atomic mass is 10.2. The maximum Gasteiger partial charge on any atom is 0.226 e. The molecular formula is C11H16N2O2. The van der Waals surface area contributed by atoms with Crippen LogP contribution in [0.15, 0.2) is 24.4 Å². The highest BCUT2D eigenvalue weighted by Gasteiger charge is 2.03. The summed E-state index contributed by atoms with van der Waals surface area (Å²) >= 11 is 0. The number of aromatic nitrogens is 1. The number of aliphatic hydroxyl groups is 1. The first-order valence-electron chi connectivity index (χ1n) is 5.03. The number of carbonyl (C=O) groups excluding carboxylic acids is 1. The molecule has 1 amide bonds. The maximum atomic E-state index is 11.4. The lowest BCUT2D eigenvalue weighted by Gasteiger charge is -2.06. The van der Waals surface area contributed by atoms with Gasteiger partial charge in [0.25, 0.3) is 0 Å². The third-order valence-electron chi connectivity index (χ3n) is 1.95. The number of hydrogen-bond donors (Lipinski definition) is 2. The molecular weight excluding hydrogens is 192 g/mol. The molecule has 0 aromatic carbocycles. The van der Waals surface area contributed by atoms with E-state index in [1.54, 1.807) is 13.1 Å². The number of rotatable bonds is 5. The highest BCUT2D eigenvalue weighted by molar-refractivity contribution is 5.77. The van der Waals surface area contributed by atoms with E-state index in [2.05, 4.69) is 10.3 Å². The van der Waals surface area contributed by atoms with Crippen LogP contribution in [0.1, 0.15) is 19.0 Å². The fourth-order valence-electron chi connectivity index (χ4n) is 1.15. The van der Waals surface area contributed by atoms with E-state index in [0.29, 0.717) is 19.4 Å². The Morgan fingerprint density at radius 1 is 1.60 bits per heavy atom. The van der Waals surface area contributed by atoms with Gasteiger partial charge in [0.05, 0.1) is 12.5 Å². The van der Waals surface area contributed by atoms with Crippen LogP contribution in [0.5, 0.6) is 0 Å². The molecule has 15 heavy (non-hydrogen) atoms. The van der Waals surface area contributed by atoms with Crippen LogP contribution in [0.25, 0.3) is 0 Å². The molecule has 2 N–H and O–H groups in total. The summed E-state index contributed by atoms with van der Waals surface area (Å²) in [4.78, 5) is 15.4. The van der Waals surface area contributed by atoms with Gasteiger partial charge in [-0.25, -0.2) is 0 Å². The minimum Gasteiger partial charge on any atom is -0.393 e. The molecule has 0 fully saturated rings. The first kappa shape index (κ1) is 11.7. The van der Waals surface area contributed by atoms with Crippen molar-refractivity contribution in [3.8, 4) is 0 Å². The fourth-order valence-corrected chi connectivity index (χ4v) is 1.15. The third kappa shape index (κ3) is 5.12. The number of nitrogens with zero attached hydrogens (tertiary/aromatic N) is 1. The number of amides is 1. The largest absolute Gasteiger partial charge is 0.393 e. The molecule has 82 valence electrons. The Labute approximate surface area is 89.3 Å². The van der Waals surface area contributed by atoms with Crippen LogP contribution in [-0.4, -0.2) is 28.6 Å². The van der Waals surface area contributed by atoms with Gasteiger partial charge < -0.3 is 10.4 Å². The van der Waals surface area contributed by atoms with Gasteiger partial charge in [0, 0.05) is 18.4 Å². The molecule has 0 radical (unpaired) electrons. The van der Waals surface area contributed by atoms with Crippen LogP contribution in [0, 0.1) is 0 Å². The van der Waals surface area contributed by atoms with E-state index < -0.39 is 0 Å². The normalized spacial score (nSPS) is 12.1. The van der Waals surface area contributed by atoms with Gasteiger partial charge in [0.15, 0.2) is 0 Å². The van der Waals surface area contributed by atoms with E-state index in [4.69, 9.17) is 5.11 Å². The van der Waals surface area contributed by atoms with E-state index >= 15 is 0 Å². The number of pyridine rings is 1. The summed E-state index contributed by atoms with van der Waals surface area (Å²) in [6, 6.07) is 5.48. The zero-order chi connectivity index (χ0) is 11.1. The molecule has 1 rings (SSSR count). The van der Waals surface area contributed by atoms with E-state index in [1.165, 1.54) is 0 Å². The zero-order valence-corrected chi connectivity index (χ0v) is 8.81. The van der Waals surface area contributed by atoms with Crippen molar-refractivity contribution >= 4 is 5.91 Å². The lowest BCUT2D eigenvalue weighted by molar-refractivity contribution is -0.120. The Morgan fingerprint density at radius 3 is 3.00 bits per heavy atom. The van der Waals surface area contributed by atoms with E-state index in [1.807, 2.05) is 18.2 Å². The van der Waals surface area contributed by atoms with Crippen LogP contribution in [-0.2, 0) is 11.2 Å². The molecule has 0 saturated carbocycles. The summed E-state index contributed by atoms with van der Waals surface area (Å²) in [5.41, 5.74) is 0.757. The SMILES string of the molecule is CC(O)CCNC(=O)Cc1ccccn1. The smallest absolute Gasteiger partial charge is 0.226 e. The quantitative estimate of drug-likeness (QED) is 0.741. The molecule has 1 aromatic rings. The predicted molar refractivity (Wildman–Crippen MR) is 57.2 cm³/mol. The van der Waals surface area contributed by atoms with Crippen molar-refractivity contribution in [3.63, 3.8) is 0 Å². The van der Waals surface area contributed by atoms with Crippen LogP contribution < -0.4 is 5.32 Å². The number of aliphatic hydroxyl groups excluding tert-OH is 1. The van der Waals surface area contributed by atoms with Crippen molar-refractivity contribution in [2.45, 2.75) is 25.9 Å². The van der Waals surface area contributed by atoms with Crippen LogP contribution in [0.3, 0.4) is 0 Å². The van der Waals surface area contributed by atoms with Crippen molar-refractivity contribution in [2.75, 3.05) is 6.54 Å². The van der Waals surface area contributed by atoms with Crippen LogP contribution >= 0.6 is 0 Å². The van der Waals surface area contributed by atoms with Crippen molar-refractivity contribution in [1.82, 2.24) is 10.3 Å². The molecule has 1 heterocycles. The molecule has 0 spiro atoms. The van der Waals surface area contributed by atoms with Gasteiger partial charge in [-0.15, -0.1) is 0 Å².